The van der Waals surface area contributed by atoms with Crippen molar-refractivity contribution in [1.82, 2.24) is 0 Å². The number of methoxy groups -OCH3 is 1. The van der Waals surface area contributed by atoms with E-state index in [2.05, 4.69) is 0 Å². The molecule has 0 aliphatic carbocycles. The zero-order chi connectivity index (χ0) is 22.8. The quantitative estimate of drug-likeness (QED) is 0.252. The van der Waals surface area contributed by atoms with E-state index in [1.54, 1.807) is 12.1 Å². The summed E-state index contributed by atoms with van der Waals surface area (Å²) in [5.74, 6) is -1.94. The van der Waals surface area contributed by atoms with Gasteiger partial charge in [0, 0.05) is 0 Å². The van der Waals surface area contributed by atoms with Gasteiger partial charge in [-0.05, 0) is 35.9 Å². The van der Waals surface area contributed by atoms with Crippen molar-refractivity contribution in [3.63, 3.8) is 0 Å². The Kier molecular flexibility index (Phi) is 5.38. The summed E-state index contributed by atoms with van der Waals surface area (Å²) >= 11 is 0. The van der Waals surface area contributed by atoms with Gasteiger partial charge in [-0.1, -0.05) is 30.3 Å². The van der Waals surface area contributed by atoms with Gasteiger partial charge in [0.1, 0.15) is 18.0 Å². The smallest absolute Gasteiger partial charge is 0.338 e. The lowest BCUT2D eigenvalue weighted by Gasteiger charge is -2.14. The highest BCUT2D eigenvalue weighted by atomic mass is 16.6. The minimum atomic E-state index is -0.768. The van der Waals surface area contributed by atoms with E-state index in [4.69, 9.17) is 9.47 Å². The second-order valence-corrected chi connectivity index (χ2v) is 6.88. The zero-order valence-corrected chi connectivity index (χ0v) is 16.8. The number of imide groups is 1. The first kappa shape index (κ1) is 20.7. The molecule has 0 saturated heterocycles. The van der Waals surface area contributed by atoms with Crippen LogP contribution in [0.3, 0.4) is 0 Å². The van der Waals surface area contributed by atoms with Gasteiger partial charge in [0.05, 0.1) is 34.8 Å². The molecule has 3 aromatic carbocycles. The molecule has 3 aromatic rings. The second-order valence-electron chi connectivity index (χ2n) is 6.88. The van der Waals surface area contributed by atoms with Crippen molar-refractivity contribution in [2.45, 2.75) is 6.61 Å². The van der Waals surface area contributed by atoms with Gasteiger partial charge in [-0.15, -0.1) is 0 Å². The van der Waals surface area contributed by atoms with Crippen LogP contribution >= 0.6 is 0 Å². The van der Waals surface area contributed by atoms with E-state index in [9.17, 15) is 24.5 Å². The van der Waals surface area contributed by atoms with Crippen LogP contribution in [0.5, 0.6) is 5.75 Å². The number of esters is 1. The van der Waals surface area contributed by atoms with Gasteiger partial charge in [-0.3, -0.25) is 19.7 Å². The lowest BCUT2D eigenvalue weighted by Crippen LogP contribution is -2.30. The van der Waals surface area contributed by atoms with Gasteiger partial charge in [0.2, 0.25) is 0 Å². The minimum absolute atomic E-state index is 0.0331. The number of hydrogen-bond donors (Lipinski definition) is 0. The number of ether oxygens (including phenoxy) is 2. The first-order valence-electron chi connectivity index (χ1n) is 9.47. The average molecular weight is 432 g/mol. The average Bonchev–Trinajstić information content (AvgIpc) is 3.07. The molecule has 0 bridgehead atoms. The maximum absolute atomic E-state index is 13.0. The molecule has 9 nitrogen and oxygen atoms in total. The van der Waals surface area contributed by atoms with Crippen molar-refractivity contribution in [3.05, 3.63) is 99.1 Å². The van der Waals surface area contributed by atoms with Crippen LogP contribution in [0, 0.1) is 10.1 Å². The number of rotatable bonds is 6. The highest BCUT2D eigenvalue weighted by Gasteiger charge is 2.40. The standard InChI is InChI=1S/C23H16N2O7/c1-31-16-8-10-19(20(12-16)25(29)30)24-21(26)17-9-7-15(11-18(17)22(24)27)23(28)32-13-14-5-3-2-4-6-14/h2-12H,13H2,1H3. The van der Waals surface area contributed by atoms with Crippen molar-refractivity contribution in [2.24, 2.45) is 0 Å². The Bertz CT molecular complexity index is 1250. The number of fused-ring (bicyclic) bond motifs is 1. The predicted octanol–water partition coefficient (Wildman–Crippen LogP) is 3.76. The molecule has 2 amide bonds. The monoisotopic (exact) mass is 432 g/mol. The van der Waals surface area contributed by atoms with Gasteiger partial charge in [0.15, 0.2) is 0 Å². The number of benzene rings is 3. The molecule has 0 spiro atoms. The molecule has 1 heterocycles. The number of carbonyl (C=O) groups excluding carboxylic acids is 3. The van der Waals surface area contributed by atoms with E-state index in [1.165, 1.54) is 37.4 Å². The molecule has 4 rings (SSSR count). The molecule has 0 atom stereocenters. The third-order valence-corrected chi connectivity index (χ3v) is 4.96. The molecule has 0 fully saturated rings. The Balaban J connectivity index is 1.62. The Labute approximate surface area is 181 Å². The van der Waals surface area contributed by atoms with Crippen LogP contribution in [-0.4, -0.2) is 29.8 Å². The molecule has 0 aromatic heterocycles. The maximum Gasteiger partial charge on any atom is 0.338 e. The second kappa shape index (κ2) is 8.31. The van der Waals surface area contributed by atoms with Gasteiger partial charge in [0.25, 0.3) is 17.5 Å². The van der Waals surface area contributed by atoms with E-state index < -0.39 is 28.4 Å². The minimum Gasteiger partial charge on any atom is -0.496 e. The third-order valence-electron chi connectivity index (χ3n) is 4.96. The molecule has 0 N–H and O–H groups in total. The van der Waals surface area contributed by atoms with Gasteiger partial charge in [-0.2, -0.15) is 0 Å². The van der Waals surface area contributed by atoms with Crippen LogP contribution in [-0.2, 0) is 11.3 Å². The molecular formula is C23H16N2O7. The topological polar surface area (TPSA) is 116 Å². The lowest BCUT2D eigenvalue weighted by molar-refractivity contribution is -0.384. The maximum atomic E-state index is 13.0. The van der Waals surface area contributed by atoms with Crippen molar-refractivity contribution in [3.8, 4) is 5.75 Å². The molecule has 160 valence electrons. The third kappa shape index (κ3) is 3.67. The summed E-state index contributed by atoms with van der Waals surface area (Å²) in [6.07, 6.45) is 0. The van der Waals surface area contributed by atoms with Gasteiger partial charge in [-0.25, -0.2) is 9.69 Å². The van der Waals surface area contributed by atoms with Crippen LogP contribution in [0.25, 0.3) is 0 Å². The first-order valence-corrected chi connectivity index (χ1v) is 9.47. The fourth-order valence-electron chi connectivity index (χ4n) is 3.36. The molecule has 9 heteroatoms. The molecule has 1 aliphatic rings. The van der Waals surface area contributed by atoms with Crippen LogP contribution in [0.15, 0.2) is 66.7 Å². The number of carbonyl (C=O) groups is 3. The van der Waals surface area contributed by atoms with Crippen LogP contribution in [0.4, 0.5) is 11.4 Å². The number of nitro benzene ring substituents is 1. The van der Waals surface area contributed by atoms with E-state index in [-0.39, 0.29) is 34.7 Å². The predicted molar refractivity (Wildman–Crippen MR) is 113 cm³/mol. The first-order chi connectivity index (χ1) is 15.4. The van der Waals surface area contributed by atoms with E-state index >= 15 is 0 Å². The highest BCUT2D eigenvalue weighted by molar-refractivity contribution is 6.35. The van der Waals surface area contributed by atoms with Crippen LogP contribution < -0.4 is 9.64 Å². The molecule has 0 saturated carbocycles. The Morgan fingerprint density at radius 1 is 0.969 bits per heavy atom. The van der Waals surface area contributed by atoms with Crippen molar-refractivity contribution < 1.29 is 28.8 Å². The number of nitrogens with zero attached hydrogens (tertiary/aromatic N) is 2. The number of amides is 2. The summed E-state index contributed by atoms with van der Waals surface area (Å²) < 4.78 is 10.3. The summed E-state index contributed by atoms with van der Waals surface area (Å²) in [7, 11) is 1.35. The SMILES string of the molecule is COc1ccc(N2C(=O)c3ccc(C(=O)OCc4ccccc4)cc3C2=O)c([N+](=O)[O-])c1. The highest BCUT2D eigenvalue weighted by Crippen LogP contribution is 2.37. The fraction of sp³-hybridized carbons (Fsp3) is 0.0870. The largest absolute Gasteiger partial charge is 0.496 e. The molecule has 0 unspecified atom stereocenters. The molecule has 1 aliphatic heterocycles. The Morgan fingerprint density at radius 3 is 2.38 bits per heavy atom. The lowest BCUT2D eigenvalue weighted by atomic mass is 10.1. The Morgan fingerprint density at radius 2 is 1.69 bits per heavy atom. The summed E-state index contributed by atoms with van der Waals surface area (Å²) in [5.41, 5.74) is 0.253. The fourth-order valence-corrected chi connectivity index (χ4v) is 3.36. The number of hydrogen-bond acceptors (Lipinski definition) is 7. The van der Waals surface area contributed by atoms with Gasteiger partial charge >= 0.3 is 5.97 Å². The van der Waals surface area contributed by atoms with Crippen LogP contribution in [0.1, 0.15) is 36.6 Å². The van der Waals surface area contributed by atoms with E-state index in [0.29, 0.717) is 0 Å². The zero-order valence-electron chi connectivity index (χ0n) is 16.8. The molecule has 32 heavy (non-hydrogen) atoms. The van der Waals surface area contributed by atoms with Crippen molar-refractivity contribution in [1.29, 1.82) is 0 Å². The van der Waals surface area contributed by atoms with E-state index in [0.717, 1.165) is 16.5 Å². The number of anilines is 1. The van der Waals surface area contributed by atoms with Crippen molar-refractivity contribution >= 4 is 29.2 Å². The van der Waals surface area contributed by atoms with Crippen molar-refractivity contribution in [2.75, 3.05) is 12.0 Å². The normalized spacial score (nSPS) is 12.5. The number of nitro groups is 1. The molecule has 0 radical (unpaired) electrons. The Hall–Kier alpha value is -4.53. The van der Waals surface area contributed by atoms with Gasteiger partial charge < -0.3 is 9.47 Å². The van der Waals surface area contributed by atoms with E-state index in [1.807, 2.05) is 18.2 Å². The summed E-state index contributed by atoms with van der Waals surface area (Å²) in [5, 5.41) is 11.5. The molecular weight excluding hydrogens is 416 g/mol. The van der Waals surface area contributed by atoms with Crippen LogP contribution in [0.2, 0.25) is 0 Å². The summed E-state index contributed by atoms with van der Waals surface area (Å²) in [4.78, 5) is 49.8. The summed E-state index contributed by atoms with van der Waals surface area (Å²) in [6, 6.07) is 16.9. The summed E-state index contributed by atoms with van der Waals surface area (Å²) in [6.45, 7) is 0.0494.